The Morgan fingerprint density at radius 2 is 1.67 bits per heavy atom. The van der Waals surface area contributed by atoms with Gasteiger partial charge in [-0.2, -0.15) is 0 Å². The van der Waals surface area contributed by atoms with Gasteiger partial charge in [0.25, 0.3) is 0 Å². The van der Waals surface area contributed by atoms with Gasteiger partial charge >= 0.3 is 0 Å². The molecule has 1 saturated heterocycles. The maximum absolute atomic E-state index is 11.4. The van der Waals surface area contributed by atoms with Gasteiger partial charge in [0.15, 0.2) is 5.96 Å². The molecule has 2 aromatic carbocycles. The smallest absolute Gasteiger partial charge is 0.191 e. The Balaban J connectivity index is 0.00000261. The van der Waals surface area contributed by atoms with Gasteiger partial charge in [-0.15, -0.1) is 24.0 Å². The number of guanidine groups is 1. The number of aliphatic imine (C=N–C) groups is 1. The van der Waals surface area contributed by atoms with Gasteiger partial charge in [-0.1, -0.05) is 23.7 Å². The van der Waals surface area contributed by atoms with Crippen LogP contribution in [0.3, 0.4) is 0 Å². The van der Waals surface area contributed by atoms with Crippen molar-refractivity contribution in [3.63, 3.8) is 0 Å². The maximum Gasteiger partial charge on any atom is 0.191 e. The lowest BCUT2D eigenvalue weighted by atomic mass is 10.2. The van der Waals surface area contributed by atoms with Gasteiger partial charge < -0.3 is 15.5 Å². The average molecular weight is 519 g/mol. The number of benzene rings is 2. The third-order valence-electron chi connectivity index (χ3n) is 4.47. The van der Waals surface area contributed by atoms with E-state index < -0.39 is 10.8 Å². The van der Waals surface area contributed by atoms with Gasteiger partial charge in [0.05, 0.1) is 6.54 Å². The average Bonchev–Trinajstić information content (AvgIpc) is 2.67. The summed E-state index contributed by atoms with van der Waals surface area (Å²) >= 11 is 5.95. The van der Waals surface area contributed by atoms with Crippen molar-refractivity contribution in [3.8, 4) is 0 Å². The largest absolute Gasteiger partial charge is 0.370 e. The van der Waals surface area contributed by atoms with Crippen LogP contribution in [0.5, 0.6) is 0 Å². The van der Waals surface area contributed by atoms with E-state index in [4.69, 9.17) is 17.3 Å². The zero-order valence-corrected chi connectivity index (χ0v) is 19.1. The lowest BCUT2D eigenvalue weighted by Crippen LogP contribution is -2.51. The predicted molar refractivity (Wildman–Crippen MR) is 125 cm³/mol. The fourth-order valence-corrected chi connectivity index (χ4v) is 3.55. The highest BCUT2D eigenvalue weighted by molar-refractivity contribution is 14.0. The van der Waals surface area contributed by atoms with E-state index in [2.05, 4.69) is 14.8 Å². The van der Waals surface area contributed by atoms with Crippen LogP contribution in [-0.4, -0.2) is 47.5 Å². The number of halogens is 2. The number of nitrogens with two attached hydrogens (primary N) is 1. The fraction of sp³-hybridized carbons (Fsp3) is 0.316. The molecule has 0 aliphatic carbocycles. The van der Waals surface area contributed by atoms with Gasteiger partial charge in [-0.05, 0) is 42.0 Å². The molecule has 1 heterocycles. The molecule has 0 spiro atoms. The lowest BCUT2D eigenvalue weighted by Gasteiger charge is -2.36. The Labute approximate surface area is 185 Å². The molecule has 0 saturated carbocycles. The minimum absolute atomic E-state index is 0. The Bertz CT molecular complexity index is 790. The first kappa shape index (κ1) is 22.0. The van der Waals surface area contributed by atoms with Gasteiger partial charge in [-0.3, -0.25) is 4.21 Å². The van der Waals surface area contributed by atoms with Crippen LogP contribution in [-0.2, 0) is 17.3 Å². The molecule has 8 heteroatoms. The van der Waals surface area contributed by atoms with Gasteiger partial charge in [0.1, 0.15) is 0 Å². The van der Waals surface area contributed by atoms with E-state index in [9.17, 15) is 4.21 Å². The summed E-state index contributed by atoms with van der Waals surface area (Å²) in [6.45, 7) is 4.00. The summed E-state index contributed by atoms with van der Waals surface area (Å²) in [6, 6.07) is 15.6. The number of hydrogen-bond acceptors (Lipinski definition) is 3. The van der Waals surface area contributed by atoms with E-state index >= 15 is 0 Å². The monoisotopic (exact) mass is 518 g/mol. The van der Waals surface area contributed by atoms with Crippen LogP contribution in [0.1, 0.15) is 5.56 Å². The van der Waals surface area contributed by atoms with Crippen molar-refractivity contribution in [2.75, 3.05) is 37.3 Å². The highest BCUT2D eigenvalue weighted by Crippen LogP contribution is 2.19. The molecule has 1 aliphatic heterocycles. The number of piperazine rings is 1. The summed E-state index contributed by atoms with van der Waals surface area (Å²) in [5, 5.41) is 0.752. The van der Waals surface area contributed by atoms with Crippen LogP contribution in [0, 0.1) is 0 Å². The molecule has 3 rings (SSSR count). The first-order valence-corrected chi connectivity index (χ1v) is 10.4. The van der Waals surface area contributed by atoms with Crippen molar-refractivity contribution in [1.82, 2.24) is 4.90 Å². The topological polar surface area (TPSA) is 61.9 Å². The highest BCUT2D eigenvalue weighted by Gasteiger charge is 2.18. The van der Waals surface area contributed by atoms with Crippen molar-refractivity contribution in [2.24, 2.45) is 10.7 Å². The summed E-state index contributed by atoms with van der Waals surface area (Å²) in [4.78, 5) is 9.77. The van der Waals surface area contributed by atoms with Crippen LogP contribution < -0.4 is 10.6 Å². The molecular formula is C19H24ClIN4OS. The molecule has 0 aromatic heterocycles. The molecule has 5 nitrogen and oxygen atoms in total. The molecule has 0 bridgehead atoms. The Kier molecular flexibility index (Phi) is 8.37. The molecule has 27 heavy (non-hydrogen) atoms. The summed E-state index contributed by atoms with van der Waals surface area (Å²) < 4.78 is 11.4. The molecule has 2 N–H and O–H groups in total. The summed E-state index contributed by atoms with van der Waals surface area (Å²) in [7, 11) is -0.955. The normalized spacial score (nSPS) is 16.0. The van der Waals surface area contributed by atoms with Crippen LogP contribution in [0.2, 0.25) is 5.02 Å². The van der Waals surface area contributed by atoms with E-state index in [1.807, 2.05) is 48.5 Å². The first-order chi connectivity index (χ1) is 12.5. The zero-order chi connectivity index (χ0) is 18.5. The molecular weight excluding hydrogens is 495 g/mol. The van der Waals surface area contributed by atoms with Crippen LogP contribution >= 0.6 is 35.6 Å². The standard InChI is InChI=1S/C19H23ClN4OS.HI/c1-26(25)18-8-2-15(3-9-18)14-22-19(21)24-12-10-23(11-13-24)17-6-4-16(20)5-7-17;/h2-9H,10-14H2,1H3,(H2,21,22);1H. The van der Waals surface area contributed by atoms with Crippen LogP contribution in [0.15, 0.2) is 58.4 Å². The van der Waals surface area contributed by atoms with E-state index in [0.29, 0.717) is 12.5 Å². The van der Waals surface area contributed by atoms with Crippen molar-refractivity contribution >= 4 is 58.0 Å². The van der Waals surface area contributed by atoms with Crippen molar-refractivity contribution in [3.05, 3.63) is 59.1 Å². The Morgan fingerprint density at radius 1 is 1.07 bits per heavy atom. The molecule has 1 unspecified atom stereocenters. The van der Waals surface area contributed by atoms with E-state index in [-0.39, 0.29) is 24.0 Å². The molecule has 0 amide bonds. The van der Waals surface area contributed by atoms with Gasteiger partial charge in [0.2, 0.25) is 0 Å². The predicted octanol–water partition coefficient (Wildman–Crippen LogP) is 3.33. The molecule has 1 aliphatic rings. The number of nitrogens with zero attached hydrogens (tertiary/aromatic N) is 3. The number of hydrogen-bond donors (Lipinski definition) is 1. The van der Waals surface area contributed by atoms with Crippen molar-refractivity contribution in [2.45, 2.75) is 11.4 Å². The van der Waals surface area contributed by atoms with E-state index in [1.54, 1.807) is 6.26 Å². The van der Waals surface area contributed by atoms with Gasteiger partial charge in [0, 0.05) is 58.8 Å². The fourth-order valence-electron chi connectivity index (χ4n) is 2.90. The Hall–Kier alpha value is -1.32. The number of rotatable bonds is 4. The lowest BCUT2D eigenvalue weighted by molar-refractivity contribution is 0.380. The van der Waals surface area contributed by atoms with Gasteiger partial charge in [-0.25, -0.2) is 4.99 Å². The van der Waals surface area contributed by atoms with Crippen LogP contribution in [0.4, 0.5) is 5.69 Å². The molecule has 146 valence electrons. The second-order valence-electron chi connectivity index (χ2n) is 6.22. The SMILES string of the molecule is CS(=O)c1ccc(CN=C(N)N2CCN(c3ccc(Cl)cc3)CC2)cc1.I. The Morgan fingerprint density at radius 3 is 2.22 bits per heavy atom. The van der Waals surface area contributed by atoms with Crippen LogP contribution in [0.25, 0.3) is 0 Å². The number of anilines is 1. The first-order valence-electron chi connectivity index (χ1n) is 8.50. The molecule has 0 radical (unpaired) electrons. The minimum atomic E-state index is -0.955. The van der Waals surface area contributed by atoms with E-state index in [0.717, 1.165) is 41.7 Å². The molecule has 1 fully saturated rings. The minimum Gasteiger partial charge on any atom is -0.370 e. The summed E-state index contributed by atoms with van der Waals surface area (Å²) in [5.74, 6) is 0.573. The molecule has 2 aromatic rings. The second-order valence-corrected chi connectivity index (χ2v) is 8.04. The zero-order valence-electron chi connectivity index (χ0n) is 15.2. The summed E-state index contributed by atoms with van der Waals surface area (Å²) in [6.07, 6.45) is 1.68. The second kappa shape index (κ2) is 10.3. The maximum atomic E-state index is 11.4. The van der Waals surface area contributed by atoms with Crippen molar-refractivity contribution in [1.29, 1.82) is 0 Å². The molecule has 1 atom stereocenters. The third-order valence-corrected chi connectivity index (χ3v) is 5.66. The van der Waals surface area contributed by atoms with Crippen molar-refractivity contribution < 1.29 is 4.21 Å². The quantitative estimate of drug-likeness (QED) is 0.383. The highest BCUT2D eigenvalue weighted by atomic mass is 127. The van der Waals surface area contributed by atoms with E-state index in [1.165, 1.54) is 5.69 Å². The third kappa shape index (κ3) is 6.08. The summed E-state index contributed by atoms with van der Waals surface area (Å²) in [5.41, 5.74) is 8.41.